The van der Waals surface area contributed by atoms with Crippen molar-refractivity contribution in [3.63, 3.8) is 0 Å². The van der Waals surface area contributed by atoms with Crippen molar-refractivity contribution in [1.82, 2.24) is 0 Å². The molecule has 0 bridgehead atoms. The van der Waals surface area contributed by atoms with E-state index in [9.17, 15) is 9.90 Å². The highest BCUT2D eigenvalue weighted by atomic mass is 16.6. The molecule has 0 aromatic carbocycles. The molecule has 5 unspecified atom stereocenters. The maximum atomic E-state index is 12.0. The van der Waals surface area contributed by atoms with Crippen LogP contribution in [0.3, 0.4) is 0 Å². The van der Waals surface area contributed by atoms with Gasteiger partial charge in [0, 0.05) is 6.42 Å². The van der Waals surface area contributed by atoms with Crippen LogP contribution >= 0.6 is 0 Å². The second-order valence-corrected chi connectivity index (χ2v) is 7.66. The zero-order valence-electron chi connectivity index (χ0n) is 14.7. The van der Waals surface area contributed by atoms with Gasteiger partial charge in [0.2, 0.25) is 0 Å². The Morgan fingerprint density at radius 2 is 1.71 bits per heavy atom. The molecule has 5 heteroatoms. The van der Waals surface area contributed by atoms with Gasteiger partial charge in [-0.25, -0.2) is 0 Å². The number of ether oxygens (including phenoxy) is 3. The van der Waals surface area contributed by atoms with E-state index in [4.69, 9.17) is 14.2 Å². The van der Waals surface area contributed by atoms with Crippen molar-refractivity contribution in [1.29, 1.82) is 0 Å². The number of esters is 1. The molecule has 0 radical (unpaired) electrons. The molecule has 0 amide bonds. The largest absolute Gasteiger partial charge is 0.460 e. The van der Waals surface area contributed by atoms with Crippen LogP contribution < -0.4 is 0 Å². The van der Waals surface area contributed by atoms with Gasteiger partial charge in [0.25, 0.3) is 0 Å². The average molecular weight is 340 g/mol. The van der Waals surface area contributed by atoms with Crippen LogP contribution in [0.1, 0.15) is 70.6 Å². The smallest absolute Gasteiger partial charge is 0.306 e. The molecule has 3 fully saturated rings. The highest BCUT2D eigenvalue weighted by Gasteiger charge is 2.40. The Kier molecular flexibility index (Phi) is 6.93. The summed E-state index contributed by atoms with van der Waals surface area (Å²) < 4.78 is 16.1. The van der Waals surface area contributed by atoms with Crippen molar-refractivity contribution in [2.75, 3.05) is 13.2 Å². The quantitative estimate of drug-likeness (QED) is 0.356. The summed E-state index contributed by atoms with van der Waals surface area (Å²) in [4.78, 5) is 12.0. The van der Waals surface area contributed by atoms with Crippen molar-refractivity contribution < 1.29 is 24.1 Å². The summed E-state index contributed by atoms with van der Waals surface area (Å²) in [6.07, 6.45) is 11.1. The van der Waals surface area contributed by atoms with Gasteiger partial charge in [0.05, 0.1) is 31.5 Å². The van der Waals surface area contributed by atoms with E-state index in [-0.39, 0.29) is 12.1 Å². The van der Waals surface area contributed by atoms with Crippen molar-refractivity contribution >= 4 is 5.97 Å². The molecule has 24 heavy (non-hydrogen) atoms. The molecule has 2 heterocycles. The van der Waals surface area contributed by atoms with Crippen molar-refractivity contribution in [3.05, 3.63) is 0 Å². The predicted octanol–water partition coefficient (Wildman–Crippen LogP) is 2.98. The molecule has 0 aromatic rings. The first-order chi connectivity index (χ1) is 11.7. The molecular formula is C19H32O5. The van der Waals surface area contributed by atoms with E-state index >= 15 is 0 Å². The molecule has 2 saturated heterocycles. The number of hydrogen-bond donors (Lipinski definition) is 1. The van der Waals surface area contributed by atoms with Crippen molar-refractivity contribution in [2.24, 2.45) is 5.92 Å². The monoisotopic (exact) mass is 340 g/mol. The Morgan fingerprint density at radius 3 is 2.42 bits per heavy atom. The molecule has 2 aliphatic heterocycles. The fourth-order valence-electron chi connectivity index (χ4n) is 3.75. The first-order valence-corrected chi connectivity index (χ1v) is 9.83. The van der Waals surface area contributed by atoms with Gasteiger partial charge in [0.1, 0.15) is 6.10 Å². The maximum Gasteiger partial charge on any atom is 0.306 e. The Hall–Kier alpha value is -0.650. The van der Waals surface area contributed by atoms with Gasteiger partial charge >= 0.3 is 5.97 Å². The number of aliphatic hydroxyl groups excluding tert-OH is 1. The first-order valence-electron chi connectivity index (χ1n) is 9.83. The lowest BCUT2D eigenvalue weighted by Crippen LogP contribution is -2.38. The molecule has 1 N–H and O–H groups in total. The summed E-state index contributed by atoms with van der Waals surface area (Å²) in [6, 6.07) is 0. The number of carbonyl (C=O) groups excluding carboxylic acids is 1. The molecule has 0 spiro atoms. The Balaban J connectivity index is 1.20. The third kappa shape index (κ3) is 6.34. The highest BCUT2D eigenvalue weighted by Crippen LogP contribution is 2.35. The van der Waals surface area contributed by atoms with E-state index in [1.807, 2.05) is 0 Å². The van der Waals surface area contributed by atoms with Gasteiger partial charge in [-0.05, 0) is 38.0 Å². The summed E-state index contributed by atoms with van der Waals surface area (Å²) in [6.45, 7) is 1.79. The van der Waals surface area contributed by atoms with Crippen LogP contribution in [0.25, 0.3) is 0 Å². The lowest BCUT2D eigenvalue weighted by atomic mass is 9.83. The molecular weight excluding hydrogens is 308 g/mol. The number of epoxide rings is 2. The summed E-state index contributed by atoms with van der Waals surface area (Å²) in [5, 5.41) is 10.0. The molecule has 3 rings (SSSR count). The van der Waals surface area contributed by atoms with Crippen LogP contribution in [0.2, 0.25) is 0 Å². The topological polar surface area (TPSA) is 71.6 Å². The Bertz CT molecular complexity index is 391. The van der Waals surface area contributed by atoms with Gasteiger partial charge in [-0.15, -0.1) is 0 Å². The highest BCUT2D eigenvalue weighted by molar-refractivity contribution is 5.69. The Labute approximate surface area is 145 Å². The number of carbonyl (C=O) groups is 1. The van der Waals surface area contributed by atoms with Gasteiger partial charge in [-0.3, -0.25) is 4.79 Å². The van der Waals surface area contributed by atoms with Gasteiger partial charge < -0.3 is 19.3 Å². The van der Waals surface area contributed by atoms with Crippen LogP contribution in [0, 0.1) is 5.92 Å². The SMILES string of the molecule is O=C(CCCCCCCCC1CO1)OC1CC(C2CO2)CCC1O. The van der Waals surface area contributed by atoms with E-state index in [1.54, 1.807) is 0 Å². The van der Waals surface area contributed by atoms with Gasteiger partial charge in [-0.2, -0.15) is 0 Å². The summed E-state index contributed by atoms with van der Waals surface area (Å²) in [5.41, 5.74) is 0. The van der Waals surface area contributed by atoms with E-state index in [0.717, 1.165) is 38.9 Å². The van der Waals surface area contributed by atoms with E-state index in [2.05, 4.69) is 0 Å². The molecule has 138 valence electrons. The van der Waals surface area contributed by atoms with E-state index in [0.29, 0.717) is 31.0 Å². The van der Waals surface area contributed by atoms with Crippen LogP contribution in [-0.4, -0.2) is 48.7 Å². The summed E-state index contributed by atoms with van der Waals surface area (Å²) in [5.74, 6) is 0.300. The molecule has 5 atom stereocenters. The predicted molar refractivity (Wildman–Crippen MR) is 89.6 cm³/mol. The lowest BCUT2D eigenvalue weighted by Gasteiger charge is -2.32. The molecule has 3 aliphatic rings. The van der Waals surface area contributed by atoms with Gasteiger partial charge in [-0.1, -0.05) is 32.1 Å². The van der Waals surface area contributed by atoms with Crippen molar-refractivity contribution in [3.8, 4) is 0 Å². The van der Waals surface area contributed by atoms with Crippen LogP contribution in [0.15, 0.2) is 0 Å². The summed E-state index contributed by atoms with van der Waals surface area (Å²) in [7, 11) is 0. The second-order valence-electron chi connectivity index (χ2n) is 7.66. The minimum absolute atomic E-state index is 0.151. The standard InChI is InChI=1S/C19H32O5/c20-16-10-9-14(18-13-23-18)11-17(16)24-19(21)8-6-4-2-1-3-5-7-15-12-22-15/h14-18,20H,1-13H2. The number of hydrogen-bond acceptors (Lipinski definition) is 5. The zero-order chi connectivity index (χ0) is 16.8. The molecule has 1 aliphatic carbocycles. The zero-order valence-corrected chi connectivity index (χ0v) is 14.7. The van der Waals surface area contributed by atoms with Crippen molar-refractivity contribution in [2.45, 2.75) is 95.0 Å². The minimum Gasteiger partial charge on any atom is -0.460 e. The summed E-state index contributed by atoms with van der Waals surface area (Å²) >= 11 is 0. The van der Waals surface area contributed by atoms with Crippen LogP contribution in [0.4, 0.5) is 0 Å². The maximum absolute atomic E-state index is 12.0. The van der Waals surface area contributed by atoms with Crippen LogP contribution in [-0.2, 0) is 19.0 Å². The normalized spacial score (nSPS) is 34.8. The second kappa shape index (κ2) is 9.16. The number of unbranched alkanes of at least 4 members (excludes halogenated alkanes) is 5. The third-order valence-corrected chi connectivity index (χ3v) is 5.52. The minimum atomic E-state index is -0.501. The average Bonchev–Trinajstić information content (AvgIpc) is 3.45. The fraction of sp³-hybridized carbons (Fsp3) is 0.947. The molecule has 0 aromatic heterocycles. The molecule has 1 saturated carbocycles. The third-order valence-electron chi connectivity index (χ3n) is 5.52. The number of aliphatic hydroxyl groups is 1. The first kappa shape index (κ1) is 18.2. The van der Waals surface area contributed by atoms with E-state index in [1.165, 1.54) is 32.1 Å². The lowest BCUT2D eigenvalue weighted by molar-refractivity contribution is -0.159. The van der Waals surface area contributed by atoms with Gasteiger partial charge in [0.15, 0.2) is 0 Å². The van der Waals surface area contributed by atoms with E-state index < -0.39 is 6.10 Å². The van der Waals surface area contributed by atoms with Crippen LogP contribution in [0.5, 0.6) is 0 Å². The fourth-order valence-corrected chi connectivity index (χ4v) is 3.75. The Morgan fingerprint density at radius 1 is 1.00 bits per heavy atom. The number of rotatable bonds is 11. The molecule has 5 nitrogen and oxygen atoms in total.